The van der Waals surface area contributed by atoms with Crippen molar-refractivity contribution in [1.82, 2.24) is 16.0 Å². The number of unbranched alkanes of at least 4 members (excludes halogenated alkanes) is 2. The van der Waals surface area contributed by atoms with Crippen molar-refractivity contribution in [3.05, 3.63) is 35.4 Å². The first kappa shape index (κ1) is 24.7. The van der Waals surface area contributed by atoms with Crippen LogP contribution in [0.5, 0.6) is 0 Å². The first-order valence-electron chi connectivity index (χ1n) is 9.03. The first-order chi connectivity index (χ1) is 12.2. The van der Waals surface area contributed by atoms with Crippen LogP contribution < -0.4 is 16.0 Å². The number of nitrogens with one attached hydrogen (secondary N) is 3. The average Bonchev–Trinajstić information content (AvgIpc) is 2.64. The van der Waals surface area contributed by atoms with Gasteiger partial charge in [0.25, 0.3) is 5.91 Å². The number of aliphatic imine (C=N–C) groups is 1. The van der Waals surface area contributed by atoms with Gasteiger partial charge in [-0.3, -0.25) is 9.79 Å². The highest BCUT2D eigenvalue weighted by Crippen LogP contribution is 2.05. The molecule has 0 atom stereocenters. The smallest absolute Gasteiger partial charge is 0.251 e. The first-order valence-corrected chi connectivity index (χ1v) is 9.03. The fourth-order valence-corrected chi connectivity index (χ4v) is 2.41. The predicted molar refractivity (Wildman–Crippen MR) is 119 cm³/mol. The molecule has 0 bridgehead atoms. The summed E-state index contributed by atoms with van der Waals surface area (Å²) in [4.78, 5) is 16.3. The molecular weight excluding hydrogens is 443 g/mol. The van der Waals surface area contributed by atoms with Gasteiger partial charge in [0.2, 0.25) is 0 Å². The SMILES string of the molecule is CCNC(=NCCCCCOC)NCCc1cccc(C(=O)NC)c1.I. The van der Waals surface area contributed by atoms with E-state index in [0.717, 1.165) is 63.4 Å². The third-order valence-electron chi connectivity index (χ3n) is 3.74. The summed E-state index contributed by atoms with van der Waals surface area (Å²) in [5, 5.41) is 9.26. The molecule has 26 heavy (non-hydrogen) atoms. The molecule has 1 rings (SSSR count). The largest absolute Gasteiger partial charge is 0.385 e. The lowest BCUT2D eigenvalue weighted by Crippen LogP contribution is -2.38. The Labute approximate surface area is 174 Å². The number of methoxy groups -OCH3 is 1. The van der Waals surface area contributed by atoms with E-state index in [1.54, 1.807) is 14.2 Å². The molecule has 7 heteroatoms. The van der Waals surface area contributed by atoms with Gasteiger partial charge in [0.1, 0.15) is 0 Å². The predicted octanol–water partition coefficient (Wildman–Crippen LogP) is 2.58. The van der Waals surface area contributed by atoms with E-state index < -0.39 is 0 Å². The maximum Gasteiger partial charge on any atom is 0.251 e. The maximum atomic E-state index is 11.7. The molecule has 148 valence electrons. The van der Waals surface area contributed by atoms with Gasteiger partial charge in [0.05, 0.1) is 0 Å². The monoisotopic (exact) mass is 476 g/mol. The summed E-state index contributed by atoms with van der Waals surface area (Å²) in [6.07, 6.45) is 4.11. The minimum absolute atomic E-state index is 0. The molecule has 0 fully saturated rings. The van der Waals surface area contributed by atoms with Gasteiger partial charge >= 0.3 is 0 Å². The second kappa shape index (κ2) is 15.9. The average molecular weight is 476 g/mol. The van der Waals surface area contributed by atoms with Gasteiger partial charge in [0, 0.05) is 46.0 Å². The molecule has 1 amide bonds. The van der Waals surface area contributed by atoms with E-state index in [-0.39, 0.29) is 29.9 Å². The van der Waals surface area contributed by atoms with E-state index >= 15 is 0 Å². The van der Waals surface area contributed by atoms with Gasteiger partial charge in [-0.05, 0) is 50.3 Å². The van der Waals surface area contributed by atoms with Gasteiger partial charge in [-0.2, -0.15) is 0 Å². The van der Waals surface area contributed by atoms with Gasteiger partial charge in [0.15, 0.2) is 5.96 Å². The second-order valence-electron chi connectivity index (χ2n) is 5.77. The minimum Gasteiger partial charge on any atom is -0.385 e. The van der Waals surface area contributed by atoms with E-state index in [1.165, 1.54) is 0 Å². The molecule has 0 saturated heterocycles. The zero-order valence-corrected chi connectivity index (χ0v) is 18.5. The summed E-state index contributed by atoms with van der Waals surface area (Å²) < 4.78 is 5.05. The highest BCUT2D eigenvalue weighted by Gasteiger charge is 2.04. The number of nitrogens with zero attached hydrogens (tertiary/aromatic N) is 1. The third-order valence-corrected chi connectivity index (χ3v) is 3.74. The summed E-state index contributed by atoms with van der Waals surface area (Å²) in [6, 6.07) is 7.71. The molecule has 0 aliphatic rings. The number of carbonyl (C=O) groups excluding carboxylic acids is 1. The van der Waals surface area contributed by atoms with Crippen molar-refractivity contribution in [2.45, 2.75) is 32.6 Å². The van der Waals surface area contributed by atoms with Crippen molar-refractivity contribution < 1.29 is 9.53 Å². The van der Waals surface area contributed by atoms with Crippen LogP contribution in [0.3, 0.4) is 0 Å². The quantitative estimate of drug-likeness (QED) is 0.199. The van der Waals surface area contributed by atoms with Crippen molar-refractivity contribution in [2.24, 2.45) is 4.99 Å². The van der Waals surface area contributed by atoms with Gasteiger partial charge in [-0.1, -0.05) is 12.1 Å². The fraction of sp³-hybridized carbons (Fsp3) is 0.579. The van der Waals surface area contributed by atoms with Crippen molar-refractivity contribution in [3.8, 4) is 0 Å². The summed E-state index contributed by atoms with van der Waals surface area (Å²) in [5.41, 5.74) is 1.82. The molecule has 6 nitrogen and oxygen atoms in total. The van der Waals surface area contributed by atoms with Crippen molar-refractivity contribution >= 4 is 35.8 Å². The van der Waals surface area contributed by atoms with Gasteiger partial charge in [-0.25, -0.2) is 0 Å². The van der Waals surface area contributed by atoms with Crippen LogP contribution in [-0.4, -0.2) is 52.3 Å². The molecule has 3 N–H and O–H groups in total. The maximum absolute atomic E-state index is 11.7. The van der Waals surface area contributed by atoms with E-state index in [2.05, 4.69) is 27.9 Å². The lowest BCUT2D eigenvalue weighted by Gasteiger charge is -2.11. The molecule has 0 radical (unpaired) electrons. The van der Waals surface area contributed by atoms with Crippen LogP contribution in [-0.2, 0) is 11.2 Å². The molecule has 0 aliphatic heterocycles. The highest BCUT2D eigenvalue weighted by molar-refractivity contribution is 14.0. The molecule has 0 unspecified atom stereocenters. The lowest BCUT2D eigenvalue weighted by atomic mass is 10.1. The minimum atomic E-state index is -0.0572. The molecule has 1 aromatic carbocycles. The Balaban J connectivity index is 0.00000625. The number of ether oxygens (including phenoxy) is 1. The second-order valence-corrected chi connectivity index (χ2v) is 5.77. The summed E-state index contributed by atoms with van der Waals surface area (Å²) in [7, 11) is 3.38. The number of amides is 1. The molecule has 0 aliphatic carbocycles. The van der Waals surface area contributed by atoms with Gasteiger partial charge in [-0.15, -0.1) is 24.0 Å². The van der Waals surface area contributed by atoms with E-state index in [0.29, 0.717) is 5.56 Å². The van der Waals surface area contributed by atoms with Gasteiger partial charge < -0.3 is 20.7 Å². The highest BCUT2D eigenvalue weighted by atomic mass is 127. The van der Waals surface area contributed by atoms with Crippen LogP contribution in [0.25, 0.3) is 0 Å². The Bertz CT molecular complexity index is 538. The van der Waals surface area contributed by atoms with Crippen molar-refractivity contribution in [1.29, 1.82) is 0 Å². The number of carbonyl (C=O) groups is 1. The molecule has 0 aromatic heterocycles. The van der Waals surface area contributed by atoms with E-state index in [9.17, 15) is 4.79 Å². The van der Waals surface area contributed by atoms with Crippen molar-refractivity contribution in [3.63, 3.8) is 0 Å². The molecule has 0 spiro atoms. The zero-order valence-electron chi connectivity index (χ0n) is 16.1. The van der Waals surface area contributed by atoms with Crippen LogP contribution in [0, 0.1) is 0 Å². The molecule has 0 heterocycles. The summed E-state index contributed by atoms with van der Waals surface area (Å²) in [5.74, 6) is 0.787. The number of halogens is 1. The molecule has 0 saturated carbocycles. The molecule has 1 aromatic rings. The lowest BCUT2D eigenvalue weighted by molar-refractivity contribution is 0.0963. The normalized spacial score (nSPS) is 10.8. The van der Waals surface area contributed by atoms with Crippen LogP contribution in [0.15, 0.2) is 29.3 Å². The number of hydrogen-bond acceptors (Lipinski definition) is 3. The third kappa shape index (κ3) is 10.6. The Hall–Kier alpha value is -1.35. The summed E-state index contributed by atoms with van der Waals surface area (Å²) >= 11 is 0. The Morgan fingerprint density at radius 1 is 1.19 bits per heavy atom. The Morgan fingerprint density at radius 2 is 2.00 bits per heavy atom. The summed E-state index contributed by atoms with van der Waals surface area (Å²) in [6.45, 7) is 5.29. The number of guanidine groups is 1. The topological polar surface area (TPSA) is 74.8 Å². The van der Waals surface area contributed by atoms with Crippen LogP contribution >= 0.6 is 24.0 Å². The zero-order chi connectivity index (χ0) is 18.3. The number of benzene rings is 1. The fourth-order valence-electron chi connectivity index (χ4n) is 2.41. The van der Waals surface area contributed by atoms with Crippen molar-refractivity contribution in [2.75, 3.05) is 40.4 Å². The Kier molecular flexibility index (Phi) is 15.0. The number of rotatable bonds is 11. The van der Waals surface area contributed by atoms with Crippen LogP contribution in [0.2, 0.25) is 0 Å². The van der Waals surface area contributed by atoms with E-state index in [4.69, 9.17) is 4.74 Å². The van der Waals surface area contributed by atoms with Crippen LogP contribution in [0.1, 0.15) is 42.1 Å². The van der Waals surface area contributed by atoms with E-state index in [1.807, 2.05) is 24.3 Å². The number of hydrogen-bond donors (Lipinski definition) is 3. The Morgan fingerprint density at radius 3 is 2.69 bits per heavy atom. The van der Waals surface area contributed by atoms with Crippen LogP contribution in [0.4, 0.5) is 0 Å². The molecular formula is C19H33IN4O2. The standard InChI is InChI=1S/C19H32N4O2.HI/c1-4-21-19(22-12-6-5-7-14-25-3)23-13-11-16-9-8-10-17(15-16)18(24)20-2;/h8-10,15H,4-7,11-14H2,1-3H3,(H,20,24)(H2,21,22,23);1H.